The van der Waals surface area contributed by atoms with Crippen LogP contribution in [0.5, 0.6) is 0 Å². The van der Waals surface area contributed by atoms with Gasteiger partial charge in [0.15, 0.2) is 0 Å². The highest BCUT2D eigenvalue weighted by atomic mass is 15.4. The molecule has 112 valence electrons. The molecule has 0 atom stereocenters. The second-order valence-electron chi connectivity index (χ2n) is 5.33. The minimum atomic E-state index is 0.539. The first-order chi connectivity index (χ1) is 10.3. The summed E-state index contributed by atoms with van der Waals surface area (Å²) in [6, 6.07) is 2.40. The van der Waals surface area contributed by atoms with Crippen LogP contribution in [0, 0.1) is 0 Å². The van der Waals surface area contributed by atoms with Crippen molar-refractivity contribution < 1.29 is 0 Å². The van der Waals surface area contributed by atoms with Crippen molar-refractivity contribution >= 4 is 11.9 Å². The Morgan fingerprint density at radius 2 is 2.19 bits per heavy atom. The molecule has 1 aliphatic carbocycles. The number of rotatable bonds is 6. The molecule has 21 heavy (non-hydrogen) atoms. The van der Waals surface area contributed by atoms with Crippen LogP contribution in [-0.4, -0.2) is 44.4 Å². The fourth-order valence-electron chi connectivity index (χ4n) is 2.25. The van der Waals surface area contributed by atoms with Crippen molar-refractivity contribution in [3.63, 3.8) is 0 Å². The van der Waals surface area contributed by atoms with Gasteiger partial charge >= 0.3 is 0 Å². The SMILES string of the molecule is CCCNc1nc(N(C)C2CCC2)nc(-n2cccn2)n1. The summed E-state index contributed by atoms with van der Waals surface area (Å²) in [5.41, 5.74) is 0. The first-order valence-electron chi connectivity index (χ1n) is 7.50. The quantitative estimate of drug-likeness (QED) is 0.874. The van der Waals surface area contributed by atoms with Gasteiger partial charge in [-0.15, -0.1) is 0 Å². The van der Waals surface area contributed by atoms with Crippen LogP contribution in [0.3, 0.4) is 0 Å². The van der Waals surface area contributed by atoms with Crippen molar-refractivity contribution in [1.29, 1.82) is 0 Å². The van der Waals surface area contributed by atoms with Crippen molar-refractivity contribution in [3.05, 3.63) is 18.5 Å². The maximum absolute atomic E-state index is 4.55. The first-order valence-corrected chi connectivity index (χ1v) is 7.50. The summed E-state index contributed by atoms with van der Waals surface area (Å²) in [5.74, 6) is 1.87. The van der Waals surface area contributed by atoms with Crippen LogP contribution < -0.4 is 10.2 Å². The molecule has 1 N–H and O–H groups in total. The Kier molecular flexibility index (Phi) is 3.98. The highest BCUT2D eigenvalue weighted by molar-refractivity contribution is 5.40. The molecule has 0 aromatic carbocycles. The minimum Gasteiger partial charge on any atom is -0.354 e. The minimum absolute atomic E-state index is 0.539. The lowest BCUT2D eigenvalue weighted by molar-refractivity contribution is 0.397. The number of hydrogen-bond donors (Lipinski definition) is 1. The molecule has 0 spiro atoms. The third kappa shape index (κ3) is 2.96. The van der Waals surface area contributed by atoms with Gasteiger partial charge in [0.05, 0.1) is 0 Å². The lowest BCUT2D eigenvalue weighted by Crippen LogP contribution is -2.38. The molecule has 0 unspecified atom stereocenters. The molecule has 3 rings (SSSR count). The second-order valence-corrected chi connectivity index (χ2v) is 5.33. The van der Waals surface area contributed by atoms with E-state index in [-0.39, 0.29) is 0 Å². The van der Waals surface area contributed by atoms with Crippen molar-refractivity contribution in [3.8, 4) is 5.95 Å². The van der Waals surface area contributed by atoms with Gasteiger partial charge in [-0.3, -0.25) is 0 Å². The molecule has 0 radical (unpaired) electrons. The van der Waals surface area contributed by atoms with E-state index in [4.69, 9.17) is 0 Å². The monoisotopic (exact) mass is 287 g/mol. The number of anilines is 2. The summed E-state index contributed by atoms with van der Waals surface area (Å²) in [6.07, 6.45) is 8.28. The molecule has 1 fully saturated rings. The van der Waals surface area contributed by atoms with E-state index in [9.17, 15) is 0 Å². The zero-order valence-electron chi connectivity index (χ0n) is 12.5. The Morgan fingerprint density at radius 1 is 1.33 bits per heavy atom. The number of hydrogen-bond acceptors (Lipinski definition) is 6. The summed E-state index contributed by atoms with van der Waals surface area (Å²) in [6.45, 7) is 2.96. The molecule has 0 bridgehead atoms. The predicted molar refractivity (Wildman–Crippen MR) is 81.8 cm³/mol. The van der Waals surface area contributed by atoms with Crippen LogP contribution in [0.4, 0.5) is 11.9 Å². The van der Waals surface area contributed by atoms with Gasteiger partial charge in [-0.2, -0.15) is 20.1 Å². The molecule has 1 aliphatic rings. The highest BCUT2D eigenvalue weighted by Crippen LogP contribution is 2.26. The fourth-order valence-corrected chi connectivity index (χ4v) is 2.25. The average molecular weight is 287 g/mol. The van der Waals surface area contributed by atoms with Crippen LogP contribution in [0.25, 0.3) is 5.95 Å². The van der Waals surface area contributed by atoms with E-state index in [0.29, 0.717) is 23.9 Å². The van der Waals surface area contributed by atoms with Gasteiger partial charge in [0.25, 0.3) is 5.95 Å². The van der Waals surface area contributed by atoms with Crippen molar-refractivity contribution in [2.45, 2.75) is 38.6 Å². The largest absolute Gasteiger partial charge is 0.354 e. The predicted octanol–water partition coefficient (Wildman–Crippen LogP) is 1.87. The zero-order valence-corrected chi connectivity index (χ0v) is 12.5. The van der Waals surface area contributed by atoms with Crippen LogP contribution in [0.15, 0.2) is 18.5 Å². The number of aromatic nitrogens is 5. The molecule has 1 saturated carbocycles. The normalized spacial score (nSPS) is 14.8. The van der Waals surface area contributed by atoms with E-state index >= 15 is 0 Å². The molecule has 2 aromatic heterocycles. The van der Waals surface area contributed by atoms with Crippen LogP contribution in [0.2, 0.25) is 0 Å². The van der Waals surface area contributed by atoms with Gasteiger partial charge in [0.2, 0.25) is 11.9 Å². The molecule has 0 saturated heterocycles. The molecule has 0 amide bonds. The number of nitrogens with one attached hydrogen (secondary N) is 1. The summed E-state index contributed by atoms with van der Waals surface area (Å²) < 4.78 is 1.66. The molecule has 7 heteroatoms. The van der Waals surface area contributed by atoms with Crippen LogP contribution in [-0.2, 0) is 0 Å². The molecule has 2 aromatic rings. The average Bonchev–Trinajstić information content (AvgIpc) is 2.97. The van der Waals surface area contributed by atoms with Gasteiger partial charge in [0.1, 0.15) is 0 Å². The van der Waals surface area contributed by atoms with Gasteiger partial charge in [-0.1, -0.05) is 6.92 Å². The van der Waals surface area contributed by atoms with Crippen molar-refractivity contribution in [2.24, 2.45) is 0 Å². The summed E-state index contributed by atoms with van der Waals surface area (Å²) in [4.78, 5) is 15.7. The third-order valence-electron chi connectivity index (χ3n) is 3.79. The molecule has 0 aliphatic heterocycles. The van der Waals surface area contributed by atoms with Crippen molar-refractivity contribution in [2.75, 3.05) is 23.8 Å². The maximum atomic E-state index is 4.55. The first kappa shape index (κ1) is 13.8. The van der Waals surface area contributed by atoms with E-state index in [0.717, 1.165) is 13.0 Å². The van der Waals surface area contributed by atoms with Crippen molar-refractivity contribution in [1.82, 2.24) is 24.7 Å². The van der Waals surface area contributed by atoms with Gasteiger partial charge in [-0.25, -0.2) is 4.68 Å². The van der Waals surface area contributed by atoms with E-state index < -0.39 is 0 Å². The van der Waals surface area contributed by atoms with E-state index in [1.807, 2.05) is 12.3 Å². The maximum Gasteiger partial charge on any atom is 0.257 e. The van der Waals surface area contributed by atoms with Gasteiger partial charge in [0, 0.05) is 32.0 Å². The standard InChI is InChI=1S/C14H21N7/c1-3-8-15-12-17-13(20(2)11-6-4-7-11)19-14(18-12)21-10-5-9-16-21/h5,9-11H,3-4,6-8H2,1-2H3,(H,15,17,18,19). The van der Waals surface area contributed by atoms with E-state index in [1.54, 1.807) is 10.9 Å². The Labute approximate surface area is 124 Å². The van der Waals surface area contributed by atoms with E-state index in [2.05, 4.69) is 44.2 Å². The molecule has 2 heterocycles. The fraction of sp³-hybridized carbons (Fsp3) is 0.571. The molecular formula is C14H21N7. The lowest BCUT2D eigenvalue weighted by atomic mass is 9.92. The molecular weight excluding hydrogens is 266 g/mol. The summed E-state index contributed by atoms with van der Waals surface area (Å²) in [7, 11) is 2.05. The zero-order chi connectivity index (χ0) is 14.7. The van der Waals surface area contributed by atoms with Gasteiger partial charge in [-0.05, 0) is 31.7 Å². The Hall–Kier alpha value is -2.18. The second kappa shape index (κ2) is 6.07. The third-order valence-corrected chi connectivity index (χ3v) is 3.79. The van der Waals surface area contributed by atoms with E-state index in [1.165, 1.54) is 19.3 Å². The topological polar surface area (TPSA) is 71.8 Å². The Balaban J connectivity index is 1.92. The van der Waals surface area contributed by atoms with Crippen LogP contribution in [0.1, 0.15) is 32.6 Å². The summed E-state index contributed by atoms with van der Waals surface area (Å²) >= 11 is 0. The Morgan fingerprint density at radius 3 is 2.81 bits per heavy atom. The molecule has 7 nitrogen and oxygen atoms in total. The Bertz CT molecular complexity index is 577. The van der Waals surface area contributed by atoms with Gasteiger partial charge < -0.3 is 10.2 Å². The smallest absolute Gasteiger partial charge is 0.257 e. The lowest BCUT2D eigenvalue weighted by Gasteiger charge is -2.34. The number of nitrogens with zero attached hydrogens (tertiary/aromatic N) is 6. The summed E-state index contributed by atoms with van der Waals surface area (Å²) in [5, 5.41) is 7.44. The highest BCUT2D eigenvalue weighted by Gasteiger charge is 2.25. The van der Waals surface area contributed by atoms with Crippen LogP contribution >= 0.6 is 0 Å².